The van der Waals surface area contributed by atoms with Gasteiger partial charge in [0.25, 0.3) is 0 Å². The number of hydrogen-bond donors (Lipinski definition) is 4. The van der Waals surface area contributed by atoms with Crippen molar-refractivity contribution in [2.45, 2.75) is 136 Å². The van der Waals surface area contributed by atoms with E-state index in [-0.39, 0.29) is 54.4 Å². The Hall–Kier alpha value is -3.55. The second-order valence-corrected chi connectivity index (χ2v) is 15.4. The number of nitrogens with zero attached hydrogens (tertiary/aromatic N) is 2. The summed E-state index contributed by atoms with van der Waals surface area (Å²) in [7, 11) is 6.47. The summed E-state index contributed by atoms with van der Waals surface area (Å²) in [6.07, 6.45) is 0.748. The number of nitrogens with one attached hydrogen (secondary N) is 3. The first kappa shape index (κ1) is 45.6. The summed E-state index contributed by atoms with van der Waals surface area (Å²) in [5, 5.41) is 18.6. The predicted molar refractivity (Wildman–Crippen MR) is 205 cm³/mol. The number of hydrogen-bond acceptors (Lipinski definition) is 8. The second-order valence-electron chi connectivity index (χ2n) is 15.4. The van der Waals surface area contributed by atoms with Crippen LogP contribution in [-0.2, 0) is 39.9 Å². The summed E-state index contributed by atoms with van der Waals surface area (Å²) in [5.41, 5.74) is 0.784. The van der Waals surface area contributed by atoms with E-state index in [1.807, 2.05) is 78.8 Å². The Bertz CT molecular complexity index is 1340. The quantitative estimate of drug-likeness (QED) is 0.147. The van der Waals surface area contributed by atoms with Crippen LogP contribution in [-0.4, -0.2) is 121 Å². The second kappa shape index (κ2) is 21.4. The van der Waals surface area contributed by atoms with Gasteiger partial charge in [-0.05, 0) is 50.1 Å². The van der Waals surface area contributed by atoms with E-state index in [1.165, 1.54) is 14.2 Å². The molecule has 0 aromatic heterocycles. The van der Waals surface area contributed by atoms with Crippen LogP contribution >= 0.6 is 0 Å². The number of carbonyl (C=O) groups is 5. The minimum Gasteiger partial charge on any atom is -0.480 e. The summed E-state index contributed by atoms with van der Waals surface area (Å²) in [5.74, 6) is -3.30. The van der Waals surface area contributed by atoms with Crippen molar-refractivity contribution in [3.63, 3.8) is 0 Å². The van der Waals surface area contributed by atoms with Crippen LogP contribution in [0.15, 0.2) is 30.3 Å². The fraction of sp³-hybridized carbons (Fsp3) is 0.725. The van der Waals surface area contributed by atoms with Crippen molar-refractivity contribution in [3.8, 4) is 0 Å². The van der Waals surface area contributed by atoms with E-state index < -0.39 is 60.2 Å². The van der Waals surface area contributed by atoms with Crippen LogP contribution in [0.2, 0.25) is 0 Å². The molecule has 4 N–H and O–H groups in total. The predicted octanol–water partition coefficient (Wildman–Crippen LogP) is 3.49. The SMILES string of the molecule is CC[C@H](C)[C@@H](C(CC(=O)N1[C@@H](C)CC[C@H]1C(OC)[C@@H](C)C(=O)N[C@@H](Cc1ccccc1)C(=O)O)OC)N(C)C(=O)[C@@H](NC(=O)[C@@H](NC)C(C)C)C(C)C. The van der Waals surface area contributed by atoms with E-state index in [4.69, 9.17) is 9.47 Å². The molecule has 4 amide bonds. The molecule has 300 valence electrons. The average Bonchev–Trinajstić information content (AvgIpc) is 3.50. The van der Waals surface area contributed by atoms with E-state index in [9.17, 15) is 29.1 Å². The highest BCUT2D eigenvalue weighted by atomic mass is 16.5. The molecule has 2 unspecified atom stereocenters. The van der Waals surface area contributed by atoms with Gasteiger partial charge in [-0.3, -0.25) is 19.2 Å². The number of methoxy groups -OCH3 is 2. The van der Waals surface area contributed by atoms with Crippen LogP contribution in [0.25, 0.3) is 0 Å². The lowest BCUT2D eigenvalue weighted by molar-refractivity contribution is -0.149. The monoisotopic (exact) mass is 745 g/mol. The van der Waals surface area contributed by atoms with Crippen molar-refractivity contribution < 1.29 is 38.6 Å². The summed E-state index contributed by atoms with van der Waals surface area (Å²) < 4.78 is 11.9. The highest BCUT2D eigenvalue weighted by molar-refractivity contribution is 5.90. The molecule has 0 saturated carbocycles. The summed E-state index contributed by atoms with van der Waals surface area (Å²) >= 11 is 0. The molecular weight excluding hydrogens is 678 g/mol. The molecule has 1 aromatic carbocycles. The molecule has 0 radical (unpaired) electrons. The van der Waals surface area contributed by atoms with E-state index >= 15 is 0 Å². The van der Waals surface area contributed by atoms with Crippen LogP contribution < -0.4 is 16.0 Å². The summed E-state index contributed by atoms with van der Waals surface area (Å²) in [4.78, 5) is 70.8. The van der Waals surface area contributed by atoms with Crippen LogP contribution in [0.3, 0.4) is 0 Å². The molecule has 13 heteroatoms. The standard InChI is InChI=1S/C40H67N5O8/c1-13-25(6)35(44(10)39(49)34(24(4)5)43-38(48)33(41-9)23(2)3)31(52-11)22-32(46)45-26(7)19-20-30(45)36(53-12)27(8)37(47)42-29(40(50)51)21-28-17-15-14-16-18-28/h14-18,23-27,29-31,33-36,41H,13,19-22H2,1-12H3,(H,42,47)(H,43,48)(H,50,51)/t25-,26-,27+,29-,30-,31?,33-,34-,35-,36?/m0/s1. The Kier molecular flexibility index (Phi) is 18.4. The lowest BCUT2D eigenvalue weighted by Crippen LogP contribution is -2.59. The highest BCUT2D eigenvalue weighted by Crippen LogP contribution is 2.33. The zero-order valence-corrected chi connectivity index (χ0v) is 34.0. The van der Waals surface area contributed by atoms with Gasteiger partial charge in [0, 0.05) is 33.7 Å². The normalized spacial score (nSPS) is 20.5. The molecule has 2 rings (SSSR count). The Morgan fingerprint density at radius 1 is 0.906 bits per heavy atom. The number of rotatable bonds is 21. The van der Waals surface area contributed by atoms with Gasteiger partial charge in [-0.15, -0.1) is 0 Å². The molecule has 0 spiro atoms. The molecule has 1 heterocycles. The fourth-order valence-electron chi connectivity index (χ4n) is 7.72. The molecule has 53 heavy (non-hydrogen) atoms. The summed E-state index contributed by atoms with van der Waals surface area (Å²) in [6, 6.07) is 5.65. The maximum absolute atomic E-state index is 14.3. The van der Waals surface area contributed by atoms with Gasteiger partial charge in [-0.1, -0.05) is 85.2 Å². The molecule has 1 aliphatic heterocycles. The van der Waals surface area contributed by atoms with Crippen molar-refractivity contribution in [2.75, 3.05) is 28.3 Å². The minimum atomic E-state index is -1.14. The summed E-state index contributed by atoms with van der Waals surface area (Å²) in [6.45, 7) is 15.4. The van der Waals surface area contributed by atoms with E-state index in [1.54, 1.807) is 30.8 Å². The molecule has 10 atom stereocenters. The van der Waals surface area contributed by atoms with Gasteiger partial charge in [0.2, 0.25) is 23.6 Å². The van der Waals surface area contributed by atoms with Crippen molar-refractivity contribution >= 4 is 29.6 Å². The Labute approximate surface area is 317 Å². The Balaban J connectivity index is 2.31. The number of carboxylic acid groups (broad SMARTS) is 1. The molecule has 1 saturated heterocycles. The third-order valence-electron chi connectivity index (χ3n) is 11.0. The smallest absolute Gasteiger partial charge is 0.326 e. The van der Waals surface area contributed by atoms with E-state index in [2.05, 4.69) is 16.0 Å². The number of aliphatic carboxylic acids is 1. The number of carbonyl (C=O) groups excluding carboxylic acids is 4. The molecule has 13 nitrogen and oxygen atoms in total. The maximum Gasteiger partial charge on any atom is 0.326 e. The van der Waals surface area contributed by atoms with Crippen LogP contribution in [0.1, 0.15) is 86.6 Å². The average molecular weight is 746 g/mol. The van der Waals surface area contributed by atoms with Gasteiger partial charge in [0.05, 0.1) is 42.7 Å². The topological polar surface area (TPSA) is 167 Å². The van der Waals surface area contributed by atoms with E-state index in [0.29, 0.717) is 19.3 Å². The van der Waals surface area contributed by atoms with Gasteiger partial charge in [0.1, 0.15) is 12.1 Å². The zero-order chi connectivity index (χ0) is 40.2. The van der Waals surface area contributed by atoms with Crippen molar-refractivity contribution in [3.05, 3.63) is 35.9 Å². The maximum atomic E-state index is 14.3. The minimum absolute atomic E-state index is 0.0190. The first-order valence-electron chi connectivity index (χ1n) is 19.1. The third kappa shape index (κ3) is 12.0. The molecule has 1 fully saturated rings. The van der Waals surface area contributed by atoms with Crippen molar-refractivity contribution in [1.82, 2.24) is 25.8 Å². The molecule has 0 aliphatic carbocycles. The van der Waals surface area contributed by atoms with Gasteiger partial charge >= 0.3 is 5.97 Å². The number of amides is 4. The van der Waals surface area contributed by atoms with Gasteiger partial charge < -0.3 is 40.3 Å². The molecule has 0 bridgehead atoms. The van der Waals surface area contributed by atoms with Gasteiger partial charge in [0.15, 0.2) is 0 Å². The number of likely N-dealkylation sites (N-methyl/N-ethyl adjacent to an activating group) is 2. The highest BCUT2D eigenvalue weighted by Gasteiger charge is 2.45. The molecular formula is C40H67N5O8. The molecule has 1 aromatic rings. The van der Waals surface area contributed by atoms with Crippen LogP contribution in [0.4, 0.5) is 0 Å². The van der Waals surface area contributed by atoms with Crippen LogP contribution in [0, 0.1) is 23.7 Å². The third-order valence-corrected chi connectivity index (χ3v) is 11.0. The Morgan fingerprint density at radius 3 is 2.00 bits per heavy atom. The largest absolute Gasteiger partial charge is 0.480 e. The lowest BCUT2D eigenvalue weighted by Gasteiger charge is -2.41. The molecule has 1 aliphatic rings. The van der Waals surface area contributed by atoms with Crippen molar-refractivity contribution in [2.24, 2.45) is 23.7 Å². The van der Waals surface area contributed by atoms with Crippen molar-refractivity contribution in [1.29, 1.82) is 0 Å². The lowest BCUT2D eigenvalue weighted by atomic mass is 9.89. The Morgan fingerprint density at radius 2 is 1.51 bits per heavy atom. The first-order valence-corrected chi connectivity index (χ1v) is 19.1. The van der Waals surface area contributed by atoms with Gasteiger partial charge in [-0.2, -0.15) is 0 Å². The fourth-order valence-corrected chi connectivity index (χ4v) is 7.72. The number of ether oxygens (including phenoxy) is 2. The zero-order valence-electron chi connectivity index (χ0n) is 34.0. The number of likely N-dealkylation sites (tertiary alicyclic amines) is 1. The van der Waals surface area contributed by atoms with Crippen LogP contribution in [0.5, 0.6) is 0 Å². The van der Waals surface area contributed by atoms with Gasteiger partial charge in [-0.25, -0.2) is 4.79 Å². The van der Waals surface area contributed by atoms with E-state index in [0.717, 1.165) is 5.56 Å². The number of benzene rings is 1. The number of carboxylic acids is 1. The first-order chi connectivity index (χ1) is 24.9.